The van der Waals surface area contributed by atoms with E-state index in [0.29, 0.717) is 16.5 Å². The minimum Gasteiger partial charge on any atom is -0.399 e. The monoisotopic (exact) mass is 287 g/mol. The lowest BCUT2D eigenvalue weighted by molar-refractivity contribution is 0.591. The summed E-state index contributed by atoms with van der Waals surface area (Å²) < 4.78 is 13.8. The molecule has 1 nitrogen and oxygen atoms in total. The SMILES string of the molecule is Nc1ccc(SCC2CCCc3ccccc32)c(F)c1. The number of benzene rings is 2. The maximum atomic E-state index is 13.8. The fourth-order valence-corrected chi connectivity index (χ4v) is 3.94. The van der Waals surface area contributed by atoms with Crippen molar-refractivity contribution in [3.63, 3.8) is 0 Å². The molecule has 0 heterocycles. The Labute approximate surface area is 123 Å². The first-order valence-corrected chi connectivity index (χ1v) is 7.98. The number of nitrogens with two attached hydrogens (primary N) is 1. The zero-order valence-electron chi connectivity index (χ0n) is 11.3. The lowest BCUT2D eigenvalue weighted by Gasteiger charge is -2.25. The molecular weight excluding hydrogens is 269 g/mol. The standard InChI is InChI=1S/C17H18FNS/c18-16-10-14(19)8-9-17(16)20-11-13-6-3-5-12-4-1-2-7-15(12)13/h1-2,4,7-10,13H,3,5-6,11,19H2. The molecule has 0 spiro atoms. The lowest BCUT2D eigenvalue weighted by atomic mass is 9.84. The van der Waals surface area contributed by atoms with Crippen molar-refractivity contribution in [3.8, 4) is 0 Å². The number of hydrogen-bond acceptors (Lipinski definition) is 2. The number of thioether (sulfide) groups is 1. The summed E-state index contributed by atoms with van der Waals surface area (Å²) in [4.78, 5) is 0.697. The second kappa shape index (κ2) is 5.88. The van der Waals surface area contributed by atoms with Crippen LogP contribution in [0.2, 0.25) is 0 Å². The fraction of sp³-hybridized carbons (Fsp3) is 0.294. The van der Waals surface area contributed by atoms with Crippen molar-refractivity contribution in [1.82, 2.24) is 0 Å². The maximum absolute atomic E-state index is 13.8. The maximum Gasteiger partial charge on any atom is 0.138 e. The quantitative estimate of drug-likeness (QED) is 0.658. The Hall–Kier alpha value is -1.48. The van der Waals surface area contributed by atoms with E-state index in [4.69, 9.17) is 5.73 Å². The van der Waals surface area contributed by atoms with Crippen LogP contribution in [0.15, 0.2) is 47.4 Å². The van der Waals surface area contributed by atoms with Crippen molar-refractivity contribution < 1.29 is 4.39 Å². The largest absolute Gasteiger partial charge is 0.399 e. The van der Waals surface area contributed by atoms with Gasteiger partial charge in [-0.2, -0.15) is 0 Å². The number of anilines is 1. The molecule has 1 unspecified atom stereocenters. The van der Waals surface area contributed by atoms with E-state index < -0.39 is 0 Å². The van der Waals surface area contributed by atoms with Gasteiger partial charge in [0.05, 0.1) is 0 Å². The molecule has 0 radical (unpaired) electrons. The average molecular weight is 287 g/mol. The molecule has 20 heavy (non-hydrogen) atoms. The Morgan fingerprint density at radius 3 is 2.90 bits per heavy atom. The van der Waals surface area contributed by atoms with E-state index in [1.165, 1.54) is 36.5 Å². The number of fused-ring (bicyclic) bond motifs is 1. The van der Waals surface area contributed by atoms with Crippen LogP contribution in [0.1, 0.15) is 29.9 Å². The number of aryl methyl sites for hydroxylation is 1. The Morgan fingerprint density at radius 2 is 2.05 bits per heavy atom. The molecule has 104 valence electrons. The summed E-state index contributed by atoms with van der Waals surface area (Å²) in [5, 5.41) is 0. The van der Waals surface area contributed by atoms with Crippen molar-refractivity contribution in [1.29, 1.82) is 0 Å². The summed E-state index contributed by atoms with van der Waals surface area (Å²) in [5.74, 6) is 1.25. The third kappa shape index (κ3) is 2.83. The highest BCUT2D eigenvalue weighted by molar-refractivity contribution is 7.99. The smallest absolute Gasteiger partial charge is 0.138 e. The molecule has 3 rings (SSSR count). The predicted octanol–water partition coefficient (Wildman–Crippen LogP) is 4.62. The van der Waals surface area contributed by atoms with Crippen LogP contribution in [0, 0.1) is 5.82 Å². The van der Waals surface area contributed by atoms with Crippen LogP contribution in [0.25, 0.3) is 0 Å². The molecule has 0 amide bonds. The van der Waals surface area contributed by atoms with Gasteiger partial charge in [-0.1, -0.05) is 24.3 Å². The summed E-state index contributed by atoms with van der Waals surface area (Å²) in [6.07, 6.45) is 3.60. The van der Waals surface area contributed by atoms with Gasteiger partial charge in [0.2, 0.25) is 0 Å². The Bertz CT molecular complexity index is 612. The minimum absolute atomic E-state index is 0.209. The highest BCUT2D eigenvalue weighted by Crippen LogP contribution is 2.36. The molecular formula is C17H18FNS. The van der Waals surface area contributed by atoms with Crippen LogP contribution in [-0.4, -0.2) is 5.75 Å². The zero-order valence-corrected chi connectivity index (χ0v) is 12.1. The first-order chi connectivity index (χ1) is 9.74. The molecule has 2 aromatic carbocycles. The van der Waals surface area contributed by atoms with Gasteiger partial charge in [-0.15, -0.1) is 11.8 Å². The van der Waals surface area contributed by atoms with Gasteiger partial charge in [0.1, 0.15) is 5.82 Å². The van der Waals surface area contributed by atoms with Crippen LogP contribution < -0.4 is 5.73 Å². The van der Waals surface area contributed by atoms with Gasteiger partial charge in [0.25, 0.3) is 0 Å². The van der Waals surface area contributed by atoms with Crippen molar-refractivity contribution in [2.24, 2.45) is 0 Å². The first-order valence-electron chi connectivity index (χ1n) is 6.99. The second-order valence-corrected chi connectivity index (χ2v) is 6.35. The Balaban J connectivity index is 1.73. The third-order valence-corrected chi connectivity index (χ3v) is 5.10. The van der Waals surface area contributed by atoms with E-state index in [1.54, 1.807) is 23.9 Å². The van der Waals surface area contributed by atoms with Crippen LogP contribution in [0.3, 0.4) is 0 Å². The van der Waals surface area contributed by atoms with Gasteiger partial charge in [-0.3, -0.25) is 0 Å². The molecule has 2 aromatic rings. The van der Waals surface area contributed by atoms with Crippen LogP contribution in [-0.2, 0) is 6.42 Å². The highest BCUT2D eigenvalue weighted by atomic mass is 32.2. The molecule has 0 bridgehead atoms. The molecule has 0 aliphatic heterocycles. The molecule has 3 heteroatoms. The van der Waals surface area contributed by atoms with Crippen LogP contribution in [0.5, 0.6) is 0 Å². The molecule has 0 fully saturated rings. The van der Waals surface area contributed by atoms with Crippen LogP contribution >= 0.6 is 11.8 Å². The number of halogens is 1. The van der Waals surface area contributed by atoms with Gasteiger partial charge in [-0.05, 0) is 54.5 Å². The summed E-state index contributed by atoms with van der Waals surface area (Å²) in [7, 11) is 0. The van der Waals surface area contributed by atoms with Gasteiger partial charge in [0, 0.05) is 16.3 Å². The molecule has 1 aliphatic rings. The van der Waals surface area contributed by atoms with Gasteiger partial charge in [0.15, 0.2) is 0 Å². The highest BCUT2D eigenvalue weighted by Gasteiger charge is 2.20. The van der Waals surface area contributed by atoms with Gasteiger partial charge >= 0.3 is 0 Å². The first kappa shape index (κ1) is 13.5. The summed E-state index contributed by atoms with van der Waals surface area (Å²) in [5.41, 5.74) is 8.97. The van der Waals surface area contributed by atoms with Gasteiger partial charge in [-0.25, -0.2) is 4.39 Å². The minimum atomic E-state index is -0.209. The summed E-state index contributed by atoms with van der Waals surface area (Å²) in [6, 6.07) is 13.6. The van der Waals surface area contributed by atoms with E-state index in [1.807, 2.05) is 0 Å². The van der Waals surface area contributed by atoms with E-state index in [-0.39, 0.29) is 5.82 Å². The number of rotatable bonds is 3. The van der Waals surface area contributed by atoms with E-state index in [2.05, 4.69) is 24.3 Å². The van der Waals surface area contributed by atoms with Crippen LogP contribution in [0.4, 0.5) is 10.1 Å². The summed E-state index contributed by atoms with van der Waals surface area (Å²) in [6.45, 7) is 0. The second-order valence-electron chi connectivity index (χ2n) is 5.29. The van der Waals surface area contributed by atoms with E-state index >= 15 is 0 Å². The fourth-order valence-electron chi connectivity index (χ4n) is 2.85. The lowest BCUT2D eigenvalue weighted by Crippen LogP contribution is -2.11. The Kier molecular flexibility index (Phi) is 3.97. The third-order valence-electron chi connectivity index (χ3n) is 3.89. The zero-order chi connectivity index (χ0) is 13.9. The number of hydrogen-bond donors (Lipinski definition) is 1. The molecule has 1 atom stereocenters. The molecule has 2 N–H and O–H groups in total. The van der Waals surface area contributed by atoms with Gasteiger partial charge < -0.3 is 5.73 Å². The Morgan fingerprint density at radius 1 is 1.20 bits per heavy atom. The average Bonchev–Trinajstić information content (AvgIpc) is 2.46. The van der Waals surface area contributed by atoms with Crippen molar-refractivity contribution >= 4 is 17.4 Å². The topological polar surface area (TPSA) is 26.0 Å². The predicted molar refractivity (Wildman–Crippen MR) is 83.7 cm³/mol. The van der Waals surface area contributed by atoms with E-state index in [0.717, 1.165) is 5.75 Å². The molecule has 1 aliphatic carbocycles. The number of nitrogen functional groups attached to an aromatic ring is 1. The molecule has 0 saturated carbocycles. The molecule has 0 saturated heterocycles. The van der Waals surface area contributed by atoms with Crippen molar-refractivity contribution in [2.45, 2.75) is 30.1 Å². The van der Waals surface area contributed by atoms with Crippen molar-refractivity contribution in [3.05, 3.63) is 59.4 Å². The van der Waals surface area contributed by atoms with Crippen molar-refractivity contribution in [2.75, 3.05) is 11.5 Å². The molecule has 0 aromatic heterocycles. The normalized spacial score (nSPS) is 17.8. The van der Waals surface area contributed by atoms with E-state index in [9.17, 15) is 4.39 Å². The summed E-state index contributed by atoms with van der Waals surface area (Å²) >= 11 is 1.60.